The van der Waals surface area contributed by atoms with Gasteiger partial charge in [0.25, 0.3) is 0 Å². The summed E-state index contributed by atoms with van der Waals surface area (Å²) in [6.07, 6.45) is 1.26. The van der Waals surface area contributed by atoms with Crippen molar-refractivity contribution in [1.82, 2.24) is 9.21 Å². The van der Waals surface area contributed by atoms with Crippen molar-refractivity contribution < 1.29 is 17.6 Å². The number of hydrogen-bond acceptors (Lipinski definition) is 5. The maximum absolute atomic E-state index is 11.5. The van der Waals surface area contributed by atoms with Gasteiger partial charge in [-0.05, 0) is 17.7 Å². The van der Waals surface area contributed by atoms with E-state index in [2.05, 4.69) is 17.0 Å². The zero-order chi connectivity index (χ0) is 17.9. The van der Waals surface area contributed by atoms with Crippen LogP contribution >= 0.6 is 0 Å². The van der Waals surface area contributed by atoms with Crippen LogP contribution in [-0.2, 0) is 27.8 Å². The van der Waals surface area contributed by atoms with Gasteiger partial charge in [-0.15, -0.1) is 0 Å². The SMILES string of the molecule is CN(Cc1ccc(CN2CCO[C@@H](c3ccccc3)C2)o1)S(C)(=O)=O. The molecule has 0 bridgehead atoms. The fourth-order valence-corrected chi connectivity index (χ4v) is 3.23. The molecule has 1 aliphatic rings. The van der Waals surface area contributed by atoms with Crippen molar-refractivity contribution in [1.29, 1.82) is 0 Å². The molecule has 1 aromatic carbocycles. The summed E-state index contributed by atoms with van der Waals surface area (Å²) in [5, 5.41) is 0. The predicted molar refractivity (Wildman–Crippen MR) is 95.4 cm³/mol. The van der Waals surface area contributed by atoms with Gasteiger partial charge in [-0.3, -0.25) is 4.90 Å². The van der Waals surface area contributed by atoms with Crippen molar-refractivity contribution in [3.8, 4) is 0 Å². The molecule has 7 heteroatoms. The first kappa shape index (κ1) is 18.1. The second-order valence-electron chi connectivity index (χ2n) is 6.39. The van der Waals surface area contributed by atoms with E-state index in [1.165, 1.54) is 16.1 Å². The lowest BCUT2D eigenvalue weighted by atomic mass is 10.1. The molecule has 1 saturated heterocycles. The molecule has 0 unspecified atom stereocenters. The average Bonchev–Trinajstić information content (AvgIpc) is 3.02. The lowest BCUT2D eigenvalue weighted by molar-refractivity contribution is -0.0347. The summed E-state index contributed by atoms with van der Waals surface area (Å²) in [5.41, 5.74) is 1.18. The Labute approximate surface area is 149 Å². The lowest BCUT2D eigenvalue weighted by Crippen LogP contribution is -2.37. The third kappa shape index (κ3) is 4.92. The average molecular weight is 364 g/mol. The standard InChI is InChI=1S/C18H24N2O4S/c1-19(25(2,21)22)12-16-8-9-17(24-16)13-20-10-11-23-18(14-20)15-6-4-3-5-7-15/h3-9,18H,10-14H2,1-2H3/t18-/m1/s1. The molecule has 6 nitrogen and oxygen atoms in total. The highest BCUT2D eigenvalue weighted by atomic mass is 32.2. The van der Waals surface area contributed by atoms with Crippen LogP contribution in [-0.4, -0.2) is 50.6 Å². The zero-order valence-electron chi connectivity index (χ0n) is 14.6. The van der Waals surface area contributed by atoms with Crippen LogP contribution in [0.25, 0.3) is 0 Å². The van der Waals surface area contributed by atoms with Gasteiger partial charge >= 0.3 is 0 Å². The van der Waals surface area contributed by atoms with Crippen molar-refractivity contribution in [2.24, 2.45) is 0 Å². The van der Waals surface area contributed by atoms with Crippen LogP contribution < -0.4 is 0 Å². The maximum Gasteiger partial charge on any atom is 0.211 e. The summed E-state index contributed by atoms with van der Waals surface area (Å²) in [6, 6.07) is 14.0. The van der Waals surface area contributed by atoms with Crippen LogP contribution in [0, 0.1) is 0 Å². The number of benzene rings is 1. The highest BCUT2D eigenvalue weighted by molar-refractivity contribution is 7.88. The molecule has 1 fully saturated rings. The molecule has 1 aliphatic heterocycles. The van der Waals surface area contributed by atoms with E-state index in [1.54, 1.807) is 7.05 Å². The zero-order valence-corrected chi connectivity index (χ0v) is 15.4. The Balaban J connectivity index is 1.59. The number of nitrogens with zero attached hydrogens (tertiary/aromatic N) is 2. The van der Waals surface area contributed by atoms with E-state index in [-0.39, 0.29) is 12.6 Å². The van der Waals surface area contributed by atoms with Gasteiger partial charge in [0.1, 0.15) is 11.5 Å². The number of morpholine rings is 1. The number of ether oxygens (including phenoxy) is 1. The Bertz CT molecular complexity index is 788. The molecule has 136 valence electrons. The number of furan rings is 1. The minimum Gasteiger partial charge on any atom is -0.463 e. The van der Waals surface area contributed by atoms with Crippen LogP contribution in [0.4, 0.5) is 0 Å². The van der Waals surface area contributed by atoms with E-state index in [4.69, 9.17) is 9.15 Å². The number of hydrogen-bond donors (Lipinski definition) is 0. The van der Waals surface area contributed by atoms with Crippen LogP contribution in [0.15, 0.2) is 46.9 Å². The topological polar surface area (TPSA) is 63.0 Å². The first-order chi connectivity index (χ1) is 11.9. The van der Waals surface area contributed by atoms with Gasteiger partial charge in [-0.2, -0.15) is 4.31 Å². The summed E-state index contributed by atoms with van der Waals surface area (Å²) in [6.45, 7) is 3.28. The highest BCUT2D eigenvalue weighted by Crippen LogP contribution is 2.23. The molecule has 3 rings (SSSR count). The molecule has 0 aliphatic carbocycles. The fraction of sp³-hybridized carbons (Fsp3) is 0.444. The van der Waals surface area contributed by atoms with Crippen LogP contribution in [0.5, 0.6) is 0 Å². The first-order valence-corrected chi connectivity index (χ1v) is 10.1. The van der Waals surface area contributed by atoms with Gasteiger partial charge < -0.3 is 9.15 Å². The molecule has 1 atom stereocenters. The maximum atomic E-state index is 11.5. The smallest absolute Gasteiger partial charge is 0.211 e. The molecule has 0 radical (unpaired) electrons. The summed E-state index contributed by atoms with van der Waals surface area (Å²) < 4.78 is 35.9. The van der Waals surface area contributed by atoms with Crippen LogP contribution in [0.3, 0.4) is 0 Å². The molecular formula is C18H24N2O4S. The van der Waals surface area contributed by atoms with E-state index in [0.29, 0.717) is 18.9 Å². The number of rotatable bonds is 6. The second-order valence-corrected chi connectivity index (χ2v) is 8.48. The Morgan fingerprint density at radius 2 is 1.88 bits per heavy atom. The molecule has 25 heavy (non-hydrogen) atoms. The van der Waals surface area contributed by atoms with Crippen LogP contribution in [0.2, 0.25) is 0 Å². The molecule has 0 amide bonds. The van der Waals surface area contributed by atoms with Gasteiger partial charge in [0.2, 0.25) is 10.0 Å². The van der Waals surface area contributed by atoms with Crippen molar-refractivity contribution in [3.05, 3.63) is 59.5 Å². The summed E-state index contributed by atoms with van der Waals surface area (Å²) in [4.78, 5) is 2.30. The summed E-state index contributed by atoms with van der Waals surface area (Å²) >= 11 is 0. The van der Waals surface area contributed by atoms with Gasteiger partial charge in [0.15, 0.2) is 0 Å². The monoisotopic (exact) mass is 364 g/mol. The Morgan fingerprint density at radius 3 is 2.60 bits per heavy atom. The van der Waals surface area contributed by atoms with Crippen molar-refractivity contribution in [3.63, 3.8) is 0 Å². The van der Waals surface area contributed by atoms with E-state index in [9.17, 15) is 8.42 Å². The minimum atomic E-state index is -3.21. The van der Waals surface area contributed by atoms with E-state index < -0.39 is 10.0 Å². The quantitative estimate of drug-likeness (QED) is 0.787. The third-order valence-corrected chi connectivity index (χ3v) is 5.62. The summed E-state index contributed by atoms with van der Waals surface area (Å²) in [7, 11) is -1.66. The van der Waals surface area contributed by atoms with E-state index in [0.717, 1.165) is 18.8 Å². The van der Waals surface area contributed by atoms with Gasteiger partial charge in [0.05, 0.1) is 32.1 Å². The normalized spacial score (nSPS) is 19.4. The molecule has 0 spiro atoms. The van der Waals surface area contributed by atoms with E-state index >= 15 is 0 Å². The molecule has 2 aromatic rings. The van der Waals surface area contributed by atoms with Gasteiger partial charge in [0, 0.05) is 20.1 Å². The molecule has 0 saturated carbocycles. The highest BCUT2D eigenvalue weighted by Gasteiger charge is 2.23. The largest absolute Gasteiger partial charge is 0.463 e. The minimum absolute atomic E-state index is 0.0701. The van der Waals surface area contributed by atoms with Gasteiger partial charge in [-0.1, -0.05) is 30.3 Å². The first-order valence-electron chi connectivity index (χ1n) is 8.29. The van der Waals surface area contributed by atoms with E-state index in [1.807, 2.05) is 30.3 Å². The Hall–Kier alpha value is -1.67. The lowest BCUT2D eigenvalue weighted by Gasteiger charge is -2.32. The molecule has 2 heterocycles. The fourth-order valence-electron chi connectivity index (χ4n) is 2.86. The predicted octanol–water partition coefficient (Wildman–Crippen LogP) is 2.24. The number of sulfonamides is 1. The van der Waals surface area contributed by atoms with Crippen molar-refractivity contribution in [2.45, 2.75) is 19.2 Å². The van der Waals surface area contributed by atoms with Crippen LogP contribution in [0.1, 0.15) is 23.2 Å². The summed E-state index contributed by atoms with van der Waals surface area (Å²) in [5.74, 6) is 1.49. The molecule has 1 aromatic heterocycles. The molecule has 0 N–H and O–H groups in total. The van der Waals surface area contributed by atoms with Crippen molar-refractivity contribution in [2.75, 3.05) is 33.0 Å². The van der Waals surface area contributed by atoms with Crippen molar-refractivity contribution >= 4 is 10.0 Å². The second kappa shape index (κ2) is 7.70. The Morgan fingerprint density at radius 1 is 1.16 bits per heavy atom. The molecular weight excluding hydrogens is 340 g/mol. The Kier molecular flexibility index (Phi) is 5.58. The van der Waals surface area contributed by atoms with Gasteiger partial charge in [-0.25, -0.2) is 8.42 Å². The third-order valence-electron chi connectivity index (χ3n) is 4.36.